The Morgan fingerprint density at radius 2 is 1.84 bits per heavy atom. The smallest absolute Gasteiger partial charge is 0.251 e. The second-order valence-corrected chi connectivity index (χ2v) is 10.7. The van der Waals surface area contributed by atoms with E-state index in [2.05, 4.69) is 28.1 Å². The van der Waals surface area contributed by atoms with Gasteiger partial charge in [0.25, 0.3) is 5.91 Å². The Balaban J connectivity index is 1.43. The van der Waals surface area contributed by atoms with Crippen LogP contribution in [0.4, 0.5) is 5.69 Å². The molecular formula is C24H37Cl2N3O2. The summed E-state index contributed by atoms with van der Waals surface area (Å²) < 4.78 is 0. The number of aliphatic hydroxyl groups is 1. The topological polar surface area (TPSA) is 55.8 Å². The summed E-state index contributed by atoms with van der Waals surface area (Å²) in [7, 11) is 0. The van der Waals surface area contributed by atoms with Crippen molar-refractivity contribution in [3.05, 3.63) is 27.7 Å². The number of hydrogen-bond acceptors (Lipinski definition) is 4. The summed E-state index contributed by atoms with van der Waals surface area (Å²) >= 11 is 12.9. The van der Waals surface area contributed by atoms with Crippen LogP contribution >= 0.6 is 23.2 Å². The van der Waals surface area contributed by atoms with Gasteiger partial charge in [-0.2, -0.15) is 0 Å². The molecule has 0 unspecified atom stereocenters. The molecule has 0 bridgehead atoms. The van der Waals surface area contributed by atoms with Gasteiger partial charge in [-0.1, -0.05) is 29.3 Å². The Morgan fingerprint density at radius 3 is 2.45 bits per heavy atom. The molecule has 7 heteroatoms. The van der Waals surface area contributed by atoms with Gasteiger partial charge in [0.15, 0.2) is 0 Å². The van der Waals surface area contributed by atoms with Crippen LogP contribution in [0, 0.1) is 12.8 Å². The van der Waals surface area contributed by atoms with E-state index >= 15 is 0 Å². The van der Waals surface area contributed by atoms with Crippen molar-refractivity contribution in [2.24, 2.45) is 5.92 Å². The number of amides is 1. The highest BCUT2D eigenvalue weighted by Crippen LogP contribution is 2.36. The highest BCUT2D eigenvalue weighted by Gasteiger charge is 2.30. The first-order valence-electron chi connectivity index (χ1n) is 11.5. The van der Waals surface area contributed by atoms with Gasteiger partial charge in [-0.05, 0) is 83.9 Å². The molecule has 0 aromatic heterocycles. The van der Waals surface area contributed by atoms with E-state index in [-0.39, 0.29) is 11.9 Å². The molecule has 1 saturated heterocycles. The molecule has 1 saturated carbocycles. The van der Waals surface area contributed by atoms with E-state index in [4.69, 9.17) is 23.2 Å². The second-order valence-electron chi connectivity index (χ2n) is 9.91. The maximum absolute atomic E-state index is 12.0. The molecule has 2 aliphatic rings. The average Bonchev–Trinajstić information content (AvgIpc) is 2.72. The lowest BCUT2D eigenvalue weighted by Crippen LogP contribution is -2.52. The molecule has 1 amide bonds. The van der Waals surface area contributed by atoms with Crippen molar-refractivity contribution in [1.29, 1.82) is 0 Å². The summed E-state index contributed by atoms with van der Waals surface area (Å²) in [5.41, 5.74) is 0.746. The standard InChI is InChI=1S/C24H37Cl2N3O2/c1-16-5-10-20(22(26)21(16)25)29-14-13-28(15-17(29)2)12-11-18-6-8-19(9-7-18)27-23(30)24(3,4)31/h5,10,17-19,31H,6-9,11-15H2,1-4H3,(H,27,30)/t17-,18-,19-/m1/s1. The van der Waals surface area contributed by atoms with E-state index in [1.165, 1.54) is 20.3 Å². The van der Waals surface area contributed by atoms with Gasteiger partial charge >= 0.3 is 0 Å². The first-order valence-corrected chi connectivity index (χ1v) is 12.3. The van der Waals surface area contributed by atoms with Gasteiger partial charge in [0.05, 0.1) is 15.7 Å². The molecule has 1 atom stereocenters. The molecule has 1 aromatic rings. The monoisotopic (exact) mass is 469 g/mol. The molecule has 0 spiro atoms. The third-order valence-electron chi connectivity index (χ3n) is 6.87. The number of halogens is 2. The minimum Gasteiger partial charge on any atom is -0.381 e. The van der Waals surface area contributed by atoms with Crippen molar-refractivity contribution >= 4 is 34.8 Å². The summed E-state index contributed by atoms with van der Waals surface area (Å²) in [6, 6.07) is 4.72. The zero-order chi connectivity index (χ0) is 22.8. The summed E-state index contributed by atoms with van der Waals surface area (Å²) in [5.74, 6) is 0.451. The second kappa shape index (κ2) is 10.3. The Hall–Kier alpha value is -1.01. The van der Waals surface area contributed by atoms with E-state index in [0.29, 0.717) is 22.0 Å². The van der Waals surface area contributed by atoms with E-state index in [9.17, 15) is 9.90 Å². The Morgan fingerprint density at radius 1 is 1.16 bits per heavy atom. The van der Waals surface area contributed by atoms with Crippen LogP contribution in [0.5, 0.6) is 0 Å². The van der Waals surface area contributed by atoms with Gasteiger partial charge < -0.3 is 15.3 Å². The van der Waals surface area contributed by atoms with E-state index in [1.54, 1.807) is 0 Å². The van der Waals surface area contributed by atoms with Crippen molar-refractivity contribution in [2.75, 3.05) is 31.1 Å². The number of piperazine rings is 1. The lowest BCUT2D eigenvalue weighted by molar-refractivity contribution is -0.137. The minimum atomic E-state index is -1.30. The van der Waals surface area contributed by atoms with Crippen LogP contribution in [0.25, 0.3) is 0 Å². The van der Waals surface area contributed by atoms with Crippen molar-refractivity contribution in [2.45, 2.75) is 77.5 Å². The highest BCUT2D eigenvalue weighted by atomic mass is 35.5. The fourth-order valence-electron chi connectivity index (χ4n) is 4.77. The largest absolute Gasteiger partial charge is 0.381 e. The molecule has 3 rings (SSSR count). The van der Waals surface area contributed by atoms with Crippen molar-refractivity contribution < 1.29 is 9.90 Å². The van der Waals surface area contributed by atoms with Gasteiger partial charge in [-0.3, -0.25) is 9.69 Å². The molecule has 5 nitrogen and oxygen atoms in total. The lowest BCUT2D eigenvalue weighted by atomic mass is 9.83. The van der Waals surface area contributed by atoms with Crippen LogP contribution in [0.2, 0.25) is 10.0 Å². The zero-order valence-electron chi connectivity index (χ0n) is 19.3. The molecule has 0 radical (unpaired) electrons. The summed E-state index contributed by atoms with van der Waals surface area (Å²) in [5, 5.41) is 14.1. The molecule has 1 heterocycles. The number of nitrogens with one attached hydrogen (secondary N) is 1. The normalized spacial score (nSPS) is 25.5. The van der Waals surface area contributed by atoms with Gasteiger partial charge in [-0.15, -0.1) is 0 Å². The molecular weight excluding hydrogens is 433 g/mol. The molecule has 1 aromatic carbocycles. The summed E-state index contributed by atoms with van der Waals surface area (Å²) in [6.07, 6.45) is 5.50. The number of aryl methyl sites for hydroxylation is 1. The van der Waals surface area contributed by atoms with E-state index in [1.807, 2.05) is 13.0 Å². The molecule has 31 heavy (non-hydrogen) atoms. The predicted octanol–water partition coefficient (Wildman–Crippen LogP) is 4.65. The van der Waals surface area contributed by atoms with Crippen molar-refractivity contribution in [3.63, 3.8) is 0 Å². The van der Waals surface area contributed by atoms with Gasteiger partial charge in [0, 0.05) is 31.7 Å². The van der Waals surface area contributed by atoms with Crippen LogP contribution in [-0.4, -0.2) is 59.8 Å². The van der Waals surface area contributed by atoms with Crippen molar-refractivity contribution in [1.82, 2.24) is 10.2 Å². The van der Waals surface area contributed by atoms with E-state index in [0.717, 1.165) is 63.1 Å². The minimum absolute atomic E-state index is 0.199. The number of anilines is 1. The summed E-state index contributed by atoms with van der Waals surface area (Å²) in [4.78, 5) is 16.9. The Labute approximate surface area is 197 Å². The van der Waals surface area contributed by atoms with Gasteiger partial charge in [0.1, 0.15) is 5.60 Å². The molecule has 2 N–H and O–H groups in total. The molecule has 174 valence electrons. The molecule has 1 aliphatic carbocycles. The number of nitrogens with zero attached hydrogens (tertiary/aromatic N) is 2. The first-order chi connectivity index (χ1) is 14.6. The van der Waals surface area contributed by atoms with E-state index < -0.39 is 5.60 Å². The first kappa shape index (κ1) is 24.6. The average molecular weight is 470 g/mol. The van der Waals surface area contributed by atoms with Gasteiger partial charge in [0.2, 0.25) is 0 Å². The van der Waals surface area contributed by atoms with Crippen molar-refractivity contribution in [3.8, 4) is 0 Å². The summed E-state index contributed by atoms with van der Waals surface area (Å²) in [6.45, 7) is 11.4. The number of rotatable bonds is 6. The van der Waals surface area contributed by atoms with Crippen LogP contribution < -0.4 is 10.2 Å². The zero-order valence-corrected chi connectivity index (χ0v) is 20.8. The Bertz CT molecular complexity index is 773. The maximum Gasteiger partial charge on any atom is 0.251 e. The molecule has 2 fully saturated rings. The number of carbonyl (C=O) groups is 1. The predicted molar refractivity (Wildman–Crippen MR) is 129 cm³/mol. The SMILES string of the molecule is Cc1ccc(N2CCN(CC[C@H]3CC[C@H](NC(=O)C(C)(C)O)CC3)C[C@H]2C)c(Cl)c1Cl. The Kier molecular flexibility index (Phi) is 8.17. The molecule has 1 aliphatic heterocycles. The lowest BCUT2D eigenvalue weighted by Gasteiger charge is -2.42. The number of benzene rings is 1. The van der Waals surface area contributed by atoms with Crippen LogP contribution in [0.3, 0.4) is 0 Å². The number of carbonyl (C=O) groups excluding carboxylic acids is 1. The third kappa shape index (κ3) is 6.28. The third-order valence-corrected chi connectivity index (χ3v) is 7.83. The van der Waals surface area contributed by atoms with Gasteiger partial charge in [-0.25, -0.2) is 0 Å². The quantitative estimate of drug-likeness (QED) is 0.636. The maximum atomic E-state index is 12.0. The fourth-order valence-corrected chi connectivity index (χ4v) is 5.25. The number of hydrogen-bond donors (Lipinski definition) is 2. The van der Waals surface area contributed by atoms with Crippen LogP contribution in [0.1, 0.15) is 58.4 Å². The fraction of sp³-hybridized carbons (Fsp3) is 0.708. The van der Waals surface area contributed by atoms with Crippen LogP contribution in [0.15, 0.2) is 12.1 Å². The van der Waals surface area contributed by atoms with Crippen LogP contribution in [-0.2, 0) is 4.79 Å². The highest BCUT2D eigenvalue weighted by molar-refractivity contribution is 6.44.